The van der Waals surface area contributed by atoms with E-state index < -0.39 is 0 Å². The summed E-state index contributed by atoms with van der Waals surface area (Å²) < 4.78 is 6.79. The third-order valence-corrected chi connectivity index (χ3v) is 2.94. The Labute approximate surface area is 121 Å². The lowest BCUT2D eigenvalue weighted by Crippen LogP contribution is -2.13. The number of aryl methyl sites for hydroxylation is 1. The fourth-order valence-corrected chi connectivity index (χ4v) is 1.81. The van der Waals surface area contributed by atoms with Gasteiger partial charge in [0, 0.05) is 18.8 Å². The number of nitrogens with two attached hydrogens (primary N) is 1. The molecule has 104 valence electrons. The Bertz CT molecular complexity index is 666. The first-order chi connectivity index (χ1) is 9.51. The number of carbonyl (C=O) groups excluding carboxylic acids is 1. The molecule has 7 heteroatoms. The van der Waals surface area contributed by atoms with Gasteiger partial charge >= 0.3 is 0 Å². The van der Waals surface area contributed by atoms with Gasteiger partial charge < -0.3 is 15.8 Å². The lowest BCUT2D eigenvalue weighted by atomic mass is 10.2. The molecule has 0 radical (unpaired) electrons. The Morgan fingerprint density at radius 1 is 1.45 bits per heavy atom. The van der Waals surface area contributed by atoms with E-state index in [0.717, 1.165) is 0 Å². The van der Waals surface area contributed by atoms with Crippen LogP contribution < -0.4 is 15.8 Å². The minimum Gasteiger partial charge on any atom is -0.495 e. The number of nitrogens with one attached hydrogen (secondary N) is 1. The number of aromatic nitrogens is 2. The molecule has 0 fully saturated rings. The molecule has 20 heavy (non-hydrogen) atoms. The predicted molar refractivity (Wildman–Crippen MR) is 80.0 cm³/mol. The number of rotatable bonds is 4. The molecule has 0 aliphatic heterocycles. The summed E-state index contributed by atoms with van der Waals surface area (Å²) in [6.45, 7) is 0. The second-order valence-corrected chi connectivity index (χ2v) is 4.58. The maximum absolute atomic E-state index is 12.0. The minimum atomic E-state index is -0.264. The summed E-state index contributed by atoms with van der Waals surface area (Å²) in [4.78, 5) is 12.3. The van der Waals surface area contributed by atoms with E-state index in [0.29, 0.717) is 22.6 Å². The lowest BCUT2D eigenvalue weighted by Gasteiger charge is -2.11. The van der Waals surface area contributed by atoms with Gasteiger partial charge in [-0.3, -0.25) is 9.48 Å². The van der Waals surface area contributed by atoms with Gasteiger partial charge in [-0.1, -0.05) is 12.2 Å². The Morgan fingerprint density at radius 3 is 2.75 bits per heavy atom. The van der Waals surface area contributed by atoms with Gasteiger partial charge in [-0.25, -0.2) is 0 Å². The third kappa shape index (κ3) is 2.94. The van der Waals surface area contributed by atoms with Crippen molar-refractivity contribution >= 4 is 28.8 Å². The molecule has 0 unspecified atom stereocenters. The minimum absolute atomic E-state index is 0.264. The Kier molecular flexibility index (Phi) is 3.99. The first kappa shape index (κ1) is 14.0. The van der Waals surface area contributed by atoms with Gasteiger partial charge in [0.25, 0.3) is 5.91 Å². The quantitative estimate of drug-likeness (QED) is 0.830. The van der Waals surface area contributed by atoms with Crippen molar-refractivity contribution in [3.05, 3.63) is 41.7 Å². The van der Waals surface area contributed by atoms with E-state index in [-0.39, 0.29) is 10.9 Å². The maximum Gasteiger partial charge on any atom is 0.258 e. The molecule has 0 atom stereocenters. The van der Waals surface area contributed by atoms with Crippen LogP contribution in [0.25, 0.3) is 0 Å². The molecule has 2 aromatic rings. The van der Waals surface area contributed by atoms with E-state index in [4.69, 9.17) is 22.7 Å². The van der Waals surface area contributed by atoms with Crippen LogP contribution in [-0.4, -0.2) is 27.8 Å². The first-order valence-electron chi connectivity index (χ1n) is 5.79. The van der Waals surface area contributed by atoms with Crippen LogP contribution in [0.4, 0.5) is 5.69 Å². The SMILES string of the molecule is COc1cc(C(N)=S)ccc1NC(=O)c1cnn(C)c1. The van der Waals surface area contributed by atoms with E-state index >= 15 is 0 Å². The van der Waals surface area contributed by atoms with Gasteiger partial charge in [-0.15, -0.1) is 0 Å². The normalized spacial score (nSPS) is 10.1. The Balaban J connectivity index is 2.25. The molecule has 2 rings (SSSR count). The van der Waals surface area contributed by atoms with Crippen molar-refractivity contribution in [2.45, 2.75) is 0 Å². The van der Waals surface area contributed by atoms with Gasteiger partial charge in [-0.2, -0.15) is 5.10 Å². The predicted octanol–water partition coefficient (Wildman–Crippen LogP) is 1.32. The second kappa shape index (κ2) is 5.70. The van der Waals surface area contributed by atoms with Gasteiger partial charge in [0.1, 0.15) is 10.7 Å². The average Bonchev–Trinajstić information content (AvgIpc) is 2.85. The zero-order valence-corrected chi connectivity index (χ0v) is 11.9. The van der Waals surface area contributed by atoms with Gasteiger partial charge in [0.15, 0.2) is 0 Å². The molecule has 1 amide bonds. The molecule has 0 bridgehead atoms. The van der Waals surface area contributed by atoms with Crippen LogP contribution in [-0.2, 0) is 7.05 Å². The van der Waals surface area contributed by atoms with Crippen LogP contribution in [0.15, 0.2) is 30.6 Å². The van der Waals surface area contributed by atoms with Crippen LogP contribution >= 0.6 is 12.2 Å². The van der Waals surface area contributed by atoms with Crippen LogP contribution in [0.5, 0.6) is 5.75 Å². The molecule has 0 aliphatic rings. The number of methoxy groups -OCH3 is 1. The summed E-state index contributed by atoms with van der Waals surface area (Å²) in [7, 11) is 3.26. The third-order valence-electron chi connectivity index (χ3n) is 2.70. The fraction of sp³-hybridized carbons (Fsp3) is 0.154. The van der Waals surface area contributed by atoms with Crippen LogP contribution in [0.2, 0.25) is 0 Å². The number of benzene rings is 1. The van der Waals surface area contributed by atoms with Crippen molar-refractivity contribution in [1.29, 1.82) is 0 Å². The van der Waals surface area contributed by atoms with Crippen molar-refractivity contribution in [3.8, 4) is 5.75 Å². The molecule has 1 aromatic heterocycles. The molecule has 0 aliphatic carbocycles. The summed E-state index contributed by atoms with van der Waals surface area (Å²) >= 11 is 4.90. The van der Waals surface area contributed by atoms with Crippen LogP contribution in [0.3, 0.4) is 0 Å². The largest absolute Gasteiger partial charge is 0.495 e. The van der Waals surface area contributed by atoms with Crippen LogP contribution in [0, 0.1) is 0 Å². The standard InChI is InChI=1S/C13H14N4O2S/c1-17-7-9(6-15-17)13(18)16-10-4-3-8(12(14)20)5-11(10)19-2/h3-7H,1-2H3,(H2,14,20)(H,16,18). The maximum atomic E-state index is 12.0. The van der Waals surface area contributed by atoms with Crippen molar-refractivity contribution in [2.75, 3.05) is 12.4 Å². The van der Waals surface area contributed by atoms with E-state index in [1.807, 2.05) is 0 Å². The number of anilines is 1. The summed E-state index contributed by atoms with van der Waals surface area (Å²) in [6.07, 6.45) is 3.12. The zero-order chi connectivity index (χ0) is 14.7. The Hall–Kier alpha value is -2.41. The monoisotopic (exact) mass is 290 g/mol. The molecule has 3 N–H and O–H groups in total. The van der Waals surface area contributed by atoms with E-state index in [9.17, 15) is 4.79 Å². The second-order valence-electron chi connectivity index (χ2n) is 4.14. The summed E-state index contributed by atoms with van der Waals surface area (Å²) in [5, 5.41) is 6.71. The molecule has 6 nitrogen and oxygen atoms in total. The van der Waals surface area contributed by atoms with E-state index in [1.54, 1.807) is 36.1 Å². The highest BCUT2D eigenvalue weighted by molar-refractivity contribution is 7.80. The lowest BCUT2D eigenvalue weighted by molar-refractivity contribution is 0.102. The smallest absolute Gasteiger partial charge is 0.258 e. The van der Waals surface area contributed by atoms with Crippen molar-refractivity contribution in [1.82, 2.24) is 9.78 Å². The number of hydrogen-bond donors (Lipinski definition) is 2. The topological polar surface area (TPSA) is 82.2 Å². The average molecular weight is 290 g/mol. The van der Waals surface area contributed by atoms with Gasteiger partial charge in [0.05, 0.1) is 24.6 Å². The number of amides is 1. The summed E-state index contributed by atoms with van der Waals surface area (Å²) in [5.41, 5.74) is 7.25. The number of hydrogen-bond acceptors (Lipinski definition) is 4. The number of nitrogens with zero attached hydrogens (tertiary/aromatic N) is 2. The summed E-state index contributed by atoms with van der Waals surface area (Å²) in [5.74, 6) is 0.229. The molecule has 1 aromatic carbocycles. The van der Waals surface area contributed by atoms with E-state index in [1.165, 1.54) is 13.3 Å². The fourth-order valence-electron chi connectivity index (χ4n) is 1.68. The summed E-state index contributed by atoms with van der Waals surface area (Å²) in [6, 6.07) is 5.10. The molecule has 1 heterocycles. The highest BCUT2D eigenvalue weighted by atomic mass is 32.1. The molecular formula is C13H14N4O2S. The van der Waals surface area contributed by atoms with E-state index in [2.05, 4.69) is 10.4 Å². The molecule has 0 saturated heterocycles. The Morgan fingerprint density at radius 2 is 2.20 bits per heavy atom. The number of carbonyl (C=O) groups is 1. The van der Waals surface area contributed by atoms with Crippen LogP contribution in [0.1, 0.15) is 15.9 Å². The molecule has 0 saturated carbocycles. The van der Waals surface area contributed by atoms with Gasteiger partial charge in [0.2, 0.25) is 0 Å². The molecular weight excluding hydrogens is 276 g/mol. The first-order valence-corrected chi connectivity index (χ1v) is 6.20. The van der Waals surface area contributed by atoms with Crippen molar-refractivity contribution < 1.29 is 9.53 Å². The number of ether oxygens (including phenoxy) is 1. The molecule has 0 spiro atoms. The van der Waals surface area contributed by atoms with Crippen molar-refractivity contribution in [3.63, 3.8) is 0 Å². The zero-order valence-electron chi connectivity index (χ0n) is 11.1. The highest BCUT2D eigenvalue weighted by Crippen LogP contribution is 2.26. The van der Waals surface area contributed by atoms with Gasteiger partial charge in [-0.05, 0) is 18.2 Å². The van der Waals surface area contributed by atoms with Crippen molar-refractivity contribution in [2.24, 2.45) is 12.8 Å². The highest BCUT2D eigenvalue weighted by Gasteiger charge is 2.12. The number of thiocarbonyl (C=S) groups is 1.